The Labute approximate surface area is 98.1 Å². The third kappa shape index (κ3) is 4.10. The maximum Gasteiger partial charge on any atom is 0.224 e. The normalized spacial score (nSPS) is 19.4. The number of nitrogens with zero attached hydrogens (tertiary/aromatic N) is 1. The number of carbonyl (C=O) groups is 1. The smallest absolute Gasteiger partial charge is 0.224 e. The molecule has 0 aromatic carbocycles. The highest BCUT2D eigenvalue weighted by Gasteiger charge is 2.23. The van der Waals surface area contributed by atoms with Gasteiger partial charge in [-0.1, -0.05) is 13.3 Å². The predicted octanol–water partition coefficient (Wildman–Crippen LogP) is 1.14. The van der Waals surface area contributed by atoms with E-state index in [1.807, 2.05) is 11.9 Å². The van der Waals surface area contributed by atoms with Crippen LogP contribution in [0.2, 0.25) is 0 Å². The van der Waals surface area contributed by atoms with E-state index in [0.717, 1.165) is 38.9 Å². The summed E-state index contributed by atoms with van der Waals surface area (Å²) in [5.74, 6) is 0.174. The van der Waals surface area contributed by atoms with E-state index < -0.39 is 0 Å². The van der Waals surface area contributed by atoms with Crippen molar-refractivity contribution >= 4 is 5.91 Å². The molecular weight excluding hydrogens is 204 g/mol. The second-order valence-electron chi connectivity index (χ2n) is 4.60. The molecular formula is C12H24N2O2. The minimum atomic E-state index is 0.0137. The van der Waals surface area contributed by atoms with Crippen molar-refractivity contribution in [1.82, 2.24) is 4.90 Å². The zero-order chi connectivity index (χ0) is 12.0. The van der Waals surface area contributed by atoms with Gasteiger partial charge in [0.05, 0.1) is 0 Å². The van der Waals surface area contributed by atoms with Crippen molar-refractivity contribution in [2.75, 3.05) is 20.3 Å². The van der Waals surface area contributed by atoms with Gasteiger partial charge in [0.2, 0.25) is 5.91 Å². The molecule has 4 nitrogen and oxygen atoms in total. The fourth-order valence-electron chi connectivity index (χ4n) is 2.12. The first-order valence-corrected chi connectivity index (χ1v) is 6.24. The van der Waals surface area contributed by atoms with Crippen LogP contribution in [0.4, 0.5) is 0 Å². The number of hydrogen-bond donors (Lipinski definition) is 1. The minimum Gasteiger partial charge on any atom is -0.381 e. The molecule has 16 heavy (non-hydrogen) atoms. The Morgan fingerprint density at radius 3 is 2.69 bits per heavy atom. The predicted molar refractivity (Wildman–Crippen MR) is 64.1 cm³/mol. The molecule has 0 spiro atoms. The largest absolute Gasteiger partial charge is 0.381 e. The van der Waals surface area contributed by atoms with E-state index >= 15 is 0 Å². The Bertz CT molecular complexity index is 215. The van der Waals surface area contributed by atoms with Gasteiger partial charge >= 0.3 is 0 Å². The van der Waals surface area contributed by atoms with E-state index in [0.29, 0.717) is 12.5 Å². The maximum atomic E-state index is 11.9. The van der Waals surface area contributed by atoms with Gasteiger partial charge in [0.15, 0.2) is 0 Å². The van der Waals surface area contributed by atoms with E-state index in [4.69, 9.17) is 10.5 Å². The second kappa shape index (κ2) is 6.86. The molecule has 1 heterocycles. The molecule has 1 saturated heterocycles. The lowest BCUT2D eigenvalue weighted by Gasteiger charge is -2.31. The van der Waals surface area contributed by atoms with Crippen LogP contribution in [0.1, 0.15) is 39.0 Å². The Morgan fingerprint density at radius 2 is 2.12 bits per heavy atom. The molecule has 1 aliphatic heterocycles. The second-order valence-corrected chi connectivity index (χ2v) is 4.60. The third-order valence-electron chi connectivity index (χ3n) is 3.23. The van der Waals surface area contributed by atoms with Crippen molar-refractivity contribution in [1.29, 1.82) is 0 Å². The number of ether oxygens (including phenoxy) is 1. The number of rotatable bonds is 5. The molecule has 1 unspecified atom stereocenters. The van der Waals surface area contributed by atoms with E-state index in [9.17, 15) is 4.79 Å². The van der Waals surface area contributed by atoms with Crippen LogP contribution < -0.4 is 5.73 Å². The van der Waals surface area contributed by atoms with Gasteiger partial charge < -0.3 is 15.4 Å². The average Bonchev–Trinajstić information content (AvgIpc) is 2.29. The molecule has 1 amide bonds. The van der Waals surface area contributed by atoms with Gasteiger partial charge in [-0.25, -0.2) is 0 Å². The zero-order valence-corrected chi connectivity index (χ0v) is 10.4. The van der Waals surface area contributed by atoms with E-state index in [1.165, 1.54) is 0 Å². The molecule has 0 aromatic heterocycles. The molecule has 1 fully saturated rings. The molecule has 0 bridgehead atoms. The topological polar surface area (TPSA) is 55.6 Å². The maximum absolute atomic E-state index is 11.9. The van der Waals surface area contributed by atoms with Gasteiger partial charge in [0.25, 0.3) is 0 Å². The highest BCUT2D eigenvalue weighted by atomic mass is 16.5. The molecule has 1 aliphatic rings. The fraction of sp³-hybridized carbons (Fsp3) is 0.917. The molecule has 0 aliphatic carbocycles. The van der Waals surface area contributed by atoms with Gasteiger partial charge in [-0.3, -0.25) is 4.79 Å². The summed E-state index contributed by atoms with van der Waals surface area (Å²) >= 11 is 0. The van der Waals surface area contributed by atoms with Crippen molar-refractivity contribution in [3.63, 3.8) is 0 Å². The summed E-state index contributed by atoms with van der Waals surface area (Å²) in [7, 11) is 1.89. The summed E-state index contributed by atoms with van der Waals surface area (Å²) in [5.41, 5.74) is 5.88. The highest BCUT2D eigenvalue weighted by molar-refractivity contribution is 5.76. The third-order valence-corrected chi connectivity index (χ3v) is 3.23. The molecule has 0 radical (unpaired) electrons. The number of nitrogens with two attached hydrogens (primary N) is 1. The van der Waals surface area contributed by atoms with Crippen LogP contribution in [-0.2, 0) is 9.53 Å². The number of amides is 1. The van der Waals surface area contributed by atoms with Gasteiger partial charge in [-0.2, -0.15) is 0 Å². The van der Waals surface area contributed by atoms with E-state index in [1.54, 1.807) is 0 Å². The van der Waals surface area contributed by atoms with Crippen LogP contribution in [0.15, 0.2) is 0 Å². The molecule has 1 rings (SSSR count). The van der Waals surface area contributed by atoms with Gasteiger partial charge in [-0.15, -0.1) is 0 Å². The lowest BCUT2D eigenvalue weighted by Crippen LogP contribution is -2.42. The molecule has 4 heteroatoms. The summed E-state index contributed by atoms with van der Waals surface area (Å²) < 4.78 is 5.29. The quantitative estimate of drug-likeness (QED) is 0.767. The van der Waals surface area contributed by atoms with Crippen molar-refractivity contribution in [3.05, 3.63) is 0 Å². The number of carbonyl (C=O) groups excluding carboxylic acids is 1. The van der Waals surface area contributed by atoms with Crippen molar-refractivity contribution < 1.29 is 9.53 Å². The first kappa shape index (κ1) is 13.5. The van der Waals surface area contributed by atoms with Gasteiger partial charge in [0, 0.05) is 38.8 Å². The Morgan fingerprint density at radius 1 is 1.50 bits per heavy atom. The van der Waals surface area contributed by atoms with Crippen molar-refractivity contribution in [3.8, 4) is 0 Å². The first-order chi connectivity index (χ1) is 7.65. The standard InChI is InChI=1S/C12H24N2O2/c1-3-4-10(13)9-12(15)14(2)11-5-7-16-8-6-11/h10-11H,3-9,13H2,1-2H3. The minimum absolute atomic E-state index is 0.0137. The van der Waals surface area contributed by atoms with Crippen LogP contribution in [-0.4, -0.2) is 43.2 Å². The van der Waals surface area contributed by atoms with E-state index in [-0.39, 0.29) is 11.9 Å². The number of hydrogen-bond acceptors (Lipinski definition) is 3. The summed E-state index contributed by atoms with van der Waals surface area (Å²) in [4.78, 5) is 13.8. The summed E-state index contributed by atoms with van der Waals surface area (Å²) in [5, 5.41) is 0. The SMILES string of the molecule is CCCC(N)CC(=O)N(C)C1CCOCC1. The molecule has 0 saturated carbocycles. The molecule has 0 aromatic rings. The lowest BCUT2D eigenvalue weighted by atomic mass is 10.1. The van der Waals surface area contributed by atoms with Crippen molar-refractivity contribution in [2.24, 2.45) is 5.73 Å². The van der Waals surface area contributed by atoms with Crippen LogP contribution in [0.5, 0.6) is 0 Å². The Hall–Kier alpha value is -0.610. The summed E-state index contributed by atoms with van der Waals surface area (Å²) in [6.45, 7) is 3.62. The van der Waals surface area contributed by atoms with Crippen molar-refractivity contribution in [2.45, 2.75) is 51.1 Å². The zero-order valence-electron chi connectivity index (χ0n) is 10.4. The van der Waals surface area contributed by atoms with E-state index in [2.05, 4.69) is 6.92 Å². The van der Waals surface area contributed by atoms with Crippen LogP contribution in [0.3, 0.4) is 0 Å². The highest BCUT2D eigenvalue weighted by Crippen LogP contribution is 2.14. The summed E-state index contributed by atoms with van der Waals surface area (Å²) in [6.07, 6.45) is 4.33. The fourth-order valence-corrected chi connectivity index (χ4v) is 2.12. The van der Waals surface area contributed by atoms with Gasteiger partial charge in [-0.05, 0) is 19.3 Å². The first-order valence-electron chi connectivity index (χ1n) is 6.24. The lowest BCUT2D eigenvalue weighted by molar-refractivity contribution is -0.134. The Balaban J connectivity index is 2.34. The molecule has 1 atom stereocenters. The Kier molecular flexibility index (Phi) is 5.77. The van der Waals surface area contributed by atoms with Crippen LogP contribution >= 0.6 is 0 Å². The average molecular weight is 228 g/mol. The van der Waals surface area contributed by atoms with Gasteiger partial charge in [0.1, 0.15) is 0 Å². The molecule has 94 valence electrons. The molecule has 2 N–H and O–H groups in total. The summed E-state index contributed by atoms with van der Waals surface area (Å²) in [6, 6.07) is 0.356. The van der Waals surface area contributed by atoms with Crippen LogP contribution in [0, 0.1) is 0 Å². The monoisotopic (exact) mass is 228 g/mol. The van der Waals surface area contributed by atoms with Crippen LogP contribution in [0.25, 0.3) is 0 Å².